The molecule has 6 heteroatoms. The van der Waals surface area contributed by atoms with Crippen LogP contribution < -0.4 is 5.32 Å². The molecule has 0 unspecified atom stereocenters. The number of rotatable bonds is 6. The Labute approximate surface area is 110 Å². The molecule has 1 aromatic rings. The smallest absolute Gasteiger partial charge is 0.338 e. The van der Waals surface area contributed by atoms with E-state index in [-0.39, 0.29) is 5.56 Å². The van der Waals surface area contributed by atoms with E-state index in [2.05, 4.69) is 5.32 Å². The quantitative estimate of drug-likeness (QED) is 0.619. The van der Waals surface area contributed by atoms with Gasteiger partial charge in [-0.3, -0.25) is 4.79 Å². The van der Waals surface area contributed by atoms with E-state index in [9.17, 15) is 14.0 Å². The number of methoxy groups -OCH3 is 1. The zero-order chi connectivity index (χ0) is 14.3. The number of amides is 1. The summed E-state index contributed by atoms with van der Waals surface area (Å²) in [6.45, 7) is 1.90. The Morgan fingerprint density at radius 1 is 1.37 bits per heavy atom. The second-order valence-electron chi connectivity index (χ2n) is 3.88. The topological polar surface area (TPSA) is 64.6 Å². The Bertz CT molecular complexity index is 462. The lowest BCUT2D eigenvalue weighted by Crippen LogP contribution is -2.31. The van der Waals surface area contributed by atoms with E-state index in [1.54, 1.807) is 6.92 Å². The fourth-order valence-corrected chi connectivity index (χ4v) is 1.28. The largest absolute Gasteiger partial charge is 0.452 e. The van der Waals surface area contributed by atoms with Gasteiger partial charge >= 0.3 is 5.97 Å². The second kappa shape index (κ2) is 7.48. The van der Waals surface area contributed by atoms with Crippen LogP contribution in [0.4, 0.5) is 4.39 Å². The SMILES string of the molecule is COCCNC(=O)COC(=O)c1ccc(C)c(F)c1. The van der Waals surface area contributed by atoms with E-state index in [1.165, 1.54) is 19.2 Å². The molecule has 0 bridgehead atoms. The molecule has 0 atom stereocenters. The lowest BCUT2D eigenvalue weighted by atomic mass is 10.1. The Morgan fingerprint density at radius 2 is 2.11 bits per heavy atom. The van der Waals surface area contributed by atoms with Gasteiger partial charge in [0.2, 0.25) is 0 Å². The van der Waals surface area contributed by atoms with Crippen molar-refractivity contribution >= 4 is 11.9 Å². The zero-order valence-electron chi connectivity index (χ0n) is 10.9. The van der Waals surface area contributed by atoms with Crippen LogP contribution in [0.15, 0.2) is 18.2 Å². The Morgan fingerprint density at radius 3 is 2.74 bits per heavy atom. The maximum atomic E-state index is 13.2. The van der Waals surface area contributed by atoms with Crippen LogP contribution in [0.25, 0.3) is 0 Å². The molecule has 0 aliphatic carbocycles. The van der Waals surface area contributed by atoms with Crippen molar-refractivity contribution in [2.75, 3.05) is 26.9 Å². The summed E-state index contributed by atoms with van der Waals surface area (Å²) in [6.07, 6.45) is 0. The first kappa shape index (κ1) is 15.1. The molecule has 5 nitrogen and oxygen atoms in total. The summed E-state index contributed by atoms with van der Waals surface area (Å²) in [5, 5.41) is 2.50. The summed E-state index contributed by atoms with van der Waals surface area (Å²) in [5.41, 5.74) is 0.515. The number of benzene rings is 1. The Hall–Kier alpha value is -1.95. The molecule has 0 fully saturated rings. The van der Waals surface area contributed by atoms with Crippen molar-refractivity contribution in [3.8, 4) is 0 Å². The van der Waals surface area contributed by atoms with E-state index < -0.39 is 24.3 Å². The molecule has 1 rings (SSSR count). The molecule has 0 spiro atoms. The molecule has 0 aromatic heterocycles. The van der Waals surface area contributed by atoms with Crippen LogP contribution in [-0.2, 0) is 14.3 Å². The molecule has 0 aliphatic heterocycles. The van der Waals surface area contributed by atoms with Crippen molar-refractivity contribution in [2.45, 2.75) is 6.92 Å². The number of hydrogen-bond donors (Lipinski definition) is 1. The van der Waals surface area contributed by atoms with Crippen LogP contribution in [0.5, 0.6) is 0 Å². The molecule has 0 aliphatic rings. The summed E-state index contributed by atoms with van der Waals surface area (Å²) in [7, 11) is 1.51. The van der Waals surface area contributed by atoms with Crippen LogP contribution in [0.2, 0.25) is 0 Å². The van der Waals surface area contributed by atoms with E-state index in [4.69, 9.17) is 9.47 Å². The molecule has 1 N–H and O–H groups in total. The third kappa shape index (κ3) is 5.05. The number of aryl methyl sites for hydroxylation is 1. The highest BCUT2D eigenvalue weighted by Crippen LogP contribution is 2.10. The summed E-state index contributed by atoms with van der Waals surface area (Å²) < 4.78 is 22.7. The number of halogens is 1. The third-order valence-electron chi connectivity index (χ3n) is 2.37. The van der Waals surface area contributed by atoms with Crippen LogP contribution >= 0.6 is 0 Å². The van der Waals surface area contributed by atoms with Gasteiger partial charge in [-0.1, -0.05) is 6.07 Å². The van der Waals surface area contributed by atoms with Gasteiger partial charge in [0.05, 0.1) is 12.2 Å². The summed E-state index contributed by atoms with van der Waals surface area (Å²) >= 11 is 0. The summed E-state index contributed by atoms with van der Waals surface area (Å²) in [5.74, 6) is -1.65. The number of hydrogen-bond acceptors (Lipinski definition) is 4. The fraction of sp³-hybridized carbons (Fsp3) is 0.385. The highest BCUT2D eigenvalue weighted by molar-refractivity contribution is 5.91. The van der Waals surface area contributed by atoms with Gasteiger partial charge in [-0.25, -0.2) is 9.18 Å². The number of ether oxygens (including phenoxy) is 2. The Balaban J connectivity index is 2.42. The van der Waals surface area contributed by atoms with Gasteiger partial charge in [0.15, 0.2) is 6.61 Å². The molecule has 104 valence electrons. The lowest BCUT2D eigenvalue weighted by molar-refractivity contribution is -0.124. The van der Waals surface area contributed by atoms with Crippen molar-refractivity contribution in [1.82, 2.24) is 5.32 Å². The average Bonchev–Trinajstić information content (AvgIpc) is 2.39. The van der Waals surface area contributed by atoms with Crippen molar-refractivity contribution in [2.24, 2.45) is 0 Å². The Kier molecular flexibility index (Phi) is 5.95. The molecule has 0 saturated heterocycles. The van der Waals surface area contributed by atoms with Crippen molar-refractivity contribution < 1.29 is 23.5 Å². The molecule has 1 aromatic carbocycles. The number of carbonyl (C=O) groups is 2. The normalized spacial score (nSPS) is 10.1. The minimum atomic E-state index is -0.735. The van der Waals surface area contributed by atoms with Crippen molar-refractivity contribution in [1.29, 1.82) is 0 Å². The first-order chi connectivity index (χ1) is 9.04. The van der Waals surface area contributed by atoms with E-state index in [0.29, 0.717) is 18.7 Å². The zero-order valence-corrected chi connectivity index (χ0v) is 10.9. The predicted octanol–water partition coefficient (Wildman–Crippen LogP) is 1.05. The van der Waals surface area contributed by atoms with Gasteiger partial charge in [-0.2, -0.15) is 0 Å². The first-order valence-corrected chi connectivity index (χ1v) is 5.73. The molecular formula is C13H16FNO4. The maximum absolute atomic E-state index is 13.2. The summed E-state index contributed by atoms with van der Waals surface area (Å²) in [6, 6.07) is 4.01. The van der Waals surface area contributed by atoms with Gasteiger partial charge in [-0.05, 0) is 24.6 Å². The number of nitrogens with one attached hydrogen (secondary N) is 1. The van der Waals surface area contributed by atoms with Crippen LogP contribution in [0.1, 0.15) is 15.9 Å². The van der Waals surface area contributed by atoms with Gasteiger partial charge in [-0.15, -0.1) is 0 Å². The highest BCUT2D eigenvalue weighted by Gasteiger charge is 2.11. The maximum Gasteiger partial charge on any atom is 0.338 e. The lowest BCUT2D eigenvalue weighted by Gasteiger charge is -2.06. The van der Waals surface area contributed by atoms with Crippen molar-refractivity contribution in [3.05, 3.63) is 35.1 Å². The second-order valence-corrected chi connectivity index (χ2v) is 3.88. The number of esters is 1. The molecule has 0 saturated carbocycles. The van der Waals surface area contributed by atoms with Gasteiger partial charge in [0, 0.05) is 13.7 Å². The fourth-order valence-electron chi connectivity index (χ4n) is 1.28. The van der Waals surface area contributed by atoms with Crippen LogP contribution in [0.3, 0.4) is 0 Å². The van der Waals surface area contributed by atoms with Crippen LogP contribution in [0, 0.1) is 12.7 Å². The summed E-state index contributed by atoms with van der Waals surface area (Å²) in [4.78, 5) is 22.8. The minimum Gasteiger partial charge on any atom is -0.452 e. The van der Waals surface area contributed by atoms with E-state index in [1.807, 2.05) is 0 Å². The predicted molar refractivity (Wildman–Crippen MR) is 66.3 cm³/mol. The molecular weight excluding hydrogens is 253 g/mol. The standard InChI is InChI=1S/C13H16FNO4/c1-9-3-4-10(7-11(9)14)13(17)19-8-12(16)15-5-6-18-2/h3-4,7H,5-6,8H2,1-2H3,(H,15,16). The monoisotopic (exact) mass is 269 g/mol. The van der Waals surface area contributed by atoms with Gasteiger partial charge in [0.1, 0.15) is 5.82 Å². The van der Waals surface area contributed by atoms with Gasteiger partial charge < -0.3 is 14.8 Å². The van der Waals surface area contributed by atoms with E-state index >= 15 is 0 Å². The molecule has 19 heavy (non-hydrogen) atoms. The molecule has 1 amide bonds. The minimum absolute atomic E-state index is 0.0767. The third-order valence-corrected chi connectivity index (χ3v) is 2.37. The van der Waals surface area contributed by atoms with Crippen molar-refractivity contribution in [3.63, 3.8) is 0 Å². The molecule has 0 heterocycles. The highest BCUT2D eigenvalue weighted by atomic mass is 19.1. The molecule has 0 radical (unpaired) electrons. The van der Waals surface area contributed by atoms with Gasteiger partial charge in [0.25, 0.3) is 5.91 Å². The van der Waals surface area contributed by atoms with E-state index in [0.717, 1.165) is 6.07 Å². The average molecular weight is 269 g/mol. The number of carbonyl (C=O) groups excluding carboxylic acids is 2. The first-order valence-electron chi connectivity index (χ1n) is 5.73. The van der Waals surface area contributed by atoms with Crippen LogP contribution in [-0.4, -0.2) is 38.7 Å².